The lowest BCUT2D eigenvalue weighted by atomic mass is 9.97. The highest BCUT2D eigenvalue weighted by atomic mass is 19.4. The van der Waals surface area contributed by atoms with Crippen molar-refractivity contribution in [3.05, 3.63) is 89.5 Å². The number of ether oxygens (including phenoxy) is 1. The van der Waals surface area contributed by atoms with Crippen LogP contribution in [0.1, 0.15) is 28.4 Å². The molecule has 0 radical (unpaired) electrons. The molecule has 3 aromatic carbocycles. The average Bonchev–Trinajstić information content (AvgIpc) is 2.66. The van der Waals surface area contributed by atoms with Gasteiger partial charge in [0.1, 0.15) is 12.4 Å². The van der Waals surface area contributed by atoms with Gasteiger partial charge < -0.3 is 4.74 Å². The Labute approximate surface area is 155 Å². The second-order valence-corrected chi connectivity index (χ2v) is 6.12. The molecule has 138 valence electrons. The monoisotopic (exact) mass is 370 g/mol. The zero-order chi connectivity index (χ0) is 19.4. The Kier molecular flexibility index (Phi) is 5.31. The molecule has 0 N–H and O–H groups in total. The highest BCUT2D eigenvalue weighted by molar-refractivity contribution is 5.96. The summed E-state index contributed by atoms with van der Waals surface area (Å²) in [7, 11) is 0. The van der Waals surface area contributed by atoms with Crippen molar-refractivity contribution >= 4 is 5.78 Å². The molecule has 0 aliphatic carbocycles. The molecule has 0 fully saturated rings. The van der Waals surface area contributed by atoms with E-state index in [1.165, 1.54) is 12.1 Å². The van der Waals surface area contributed by atoms with Crippen molar-refractivity contribution in [3.63, 3.8) is 0 Å². The topological polar surface area (TPSA) is 26.3 Å². The predicted octanol–water partition coefficient (Wildman–Crippen LogP) is 6.15. The molecule has 0 aliphatic rings. The van der Waals surface area contributed by atoms with Crippen molar-refractivity contribution in [2.45, 2.75) is 19.7 Å². The van der Waals surface area contributed by atoms with Crippen LogP contribution >= 0.6 is 0 Å². The van der Waals surface area contributed by atoms with Crippen LogP contribution in [0.25, 0.3) is 11.1 Å². The molecule has 3 aromatic rings. The summed E-state index contributed by atoms with van der Waals surface area (Å²) >= 11 is 0. The summed E-state index contributed by atoms with van der Waals surface area (Å²) in [6.45, 7) is 1.49. The molecule has 0 unspecified atom stereocenters. The second-order valence-electron chi connectivity index (χ2n) is 6.12. The van der Waals surface area contributed by atoms with Crippen LogP contribution in [-0.4, -0.2) is 5.78 Å². The van der Waals surface area contributed by atoms with Crippen molar-refractivity contribution in [2.24, 2.45) is 0 Å². The van der Waals surface area contributed by atoms with E-state index >= 15 is 0 Å². The Hall–Kier alpha value is -3.08. The minimum Gasteiger partial charge on any atom is -0.489 e. The Bertz CT molecular complexity index is 947. The Balaban J connectivity index is 1.89. The van der Waals surface area contributed by atoms with Gasteiger partial charge in [0.2, 0.25) is 0 Å². The maximum absolute atomic E-state index is 13.3. The molecule has 0 bridgehead atoms. The van der Waals surface area contributed by atoms with Crippen molar-refractivity contribution in [1.82, 2.24) is 0 Å². The zero-order valence-corrected chi connectivity index (χ0v) is 14.6. The number of alkyl halides is 3. The fourth-order valence-electron chi connectivity index (χ4n) is 2.77. The summed E-state index contributed by atoms with van der Waals surface area (Å²) in [5.41, 5.74) is 0.692. The van der Waals surface area contributed by atoms with E-state index in [-0.39, 0.29) is 5.56 Å². The summed E-state index contributed by atoms with van der Waals surface area (Å²) in [5, 5.41) is 0. The van der Waals surface area contributed by atoms with Gasteiger partial charge in [-0.2, -0.15) is 13.2 Å². The minimum atomic E-state index is -4.60. The number of ketones is 1. The Morgan fingerprint density at radius 2 is 1.59 bits per heavy atom. The highest BCUT2D eigenvalue weighted by Crippen LogP contribution is 2.35. The Morgan fingerprint density at radius 3 is 2.26 bits per heavy atom. The van der Waals surface area contributed by atoms with Gasteiger partial charge in [0, 0.05) is 5.56 Å². The lowest BCUT2D eigenvalue weighted by Crippen LogP contribution is -2.11. The predicted molar refractivity (Wildman–Crippen MR) is 97.7 cm³/mol. The zero-order valence-electron chi connectivity index (χ0n) is 14.6. The number of carbonyl (C=O) groups is 1. The molecular formula is C22H17F3O2. The summed E-state index contributed by atoms with van der Waals surface area (Å²) in [5.74, 6) is -0.0608. The van der Waals surface area contributed by atoms with Gasteiger partial charge in [-0.15, -0.1) is 0 Å². The average molecular weight is 370 g/mol. The van der Waals surface area contributed by atoms with Gasteiger partial charge in [-0.25, -0.2) is 0 Å². The van der Waals surface area contributed by atoms with Crippen LogP contribution in [0.15, 0.2) is 72.8 Å². The van der Waals surface area contributed by atoms with E-state index in [1.54, 1.807) is 24.3 Å². The molecule has 3 rings (SSSR count). The van der Waals surface area contributed by atoms with Gasteiger partial charge in [-0.05, 0) is 41.8 Å². The molecule has 27 heavy (non-hydrogen) atoms. The normalized spacial score (nSPS) is 11.3. The van der Waals surface area contributed by atoms with E-state index in [1.807, 2.05) is 30.3 Å². The van der Waals surface area contributed by atoms with E-state index in [2.05, 4.69) is 0 Å². The third-order valence-electron chi connectivity index (χ3n) is 4.12. The molecule has 0 aliphatic heterocycles. The number of hydrogen-bond acceptors (Lipinski definition) is 2. The summed E-state index contributed by atoms with van der Waals surface area (Å²) < 4.78 is 45.7. The van der Waals surface area contributed by atoms with Gasteiger partial charge in [0.05, 0.1) is 5.56 Å². The lowest BCUT2D eigenvalue weighted by Gasteiger charge is -2.14. The molecule has 5 heteroatoms. The number of carbonyl (C=O) groups excluding carboxylic acids is 1. The minimum absolute atomic E-state index is 0.331. The van der Waals surface area contributed by atoms with Crippen LogP contribution in [-0.2, 0) is 12.8 Å². The molecule has 0 aromatic heterocycles. The van der Waals surface area contributed by atoms with Gasteiger partial charge in [0.25, 0.3) is 0 Å². The summed E-state index contributed by atoms with van der Waals surface area (Å²) in [6.07, 6.45) is -4.60. The van der Waals surface area contributed by atoms with Crippen molar-refractivity contribution in [1.29, 1.82) is 0 Å². The molecule has 0 heterocycles. The highest BCUT2D eigenvalue weighted by Gasteiger charge is 2.34. The van der Waals surface area contributed by atoms with E-state index in [0.717, 1.165) is 18.6 Å². The summed E-state index contributed by atoms with van der Waals surface area (Å²) in [4.78, 5) is 11.5. The van der Waals surface area contributed by atoms with Crippen LogP contribution in [0.5, 0.6) is 5.75 Å². The van der Waals surface area contributed by atoms with Gasteiger partial charge in [0.15, 0.2) is 5.78 Å². The lowest BCUT2D eigenvalue weighted by molar-refractivity contribution is -0.137. The first-order valence-electron chi connectivity index (χ1n) is 8.34. The fourth-order valence-corrected chi connectivity index (χ4v) is 2.77. The van der Waals surface area contributed by atoms with Crippen molar-refractivity contribution in [3.8, 4) is 16.9 Å². The van der Waals surface area contributed by atoms with Gasteiger partial charge in [-0.3, -0.25) is 4.79 Å². The second kappa shape index (κ2) is 7.66. The maximum Gasteiger partial charge on any atom is 0.417 e. The first-order valence-corrected chi connectivity index (χ1v) is 8.34. The number of benzene rings is 3. The van der Waals surface area contributed by atoms with Crippen LogP contribution in [0.3, 0.4) is 0 Å². The largest absolute Gasteiger partial charge is 0.489 e. The molecule has 0 saturated carbocycles. The summed E-state index contributed by atoms with van der Waals surface area (Å²) in [6, 6.07) is 20.2. The Morgan fingerprint density at radius 1 is 0.889 bits per heavy atom. The van der Waals surface area contributed by atoms with Crippen LogP contribution in [0.2, 0.25) is 0 Å². The van der Waals surface area contributed by atoms with Crippen LogP contribution < -0.4 is 4.74 Å². The van der Waals surface area contributed by atoms with Crippen LogP contribution in [0.4, 0.5) is 13.2 Å². The van der Waals surface area contributed by atoms with Gasteiger partial charge >= 0.3 is 6.18 Å². The smallest absolute Gasteiger partial charge is 0.417 e. The number of halogens is 3. The number of rotatable bonds is 5. The van der Waals surface area contributed by atoms with E-state index in [0.29, 0.717) is 23.5 Å². The molecule has 0 amide bonds. The fraction of sp³-hybridized carbons (Fsp3) is 0.136. The maximum atomic E-state index is 13.3. The van der Waals surface area contributed by atoms with Crippen molar-refractivity contribution in [2.75, 3.05) is 0 Å². The van der Waals surface area contributed by atoms with E-state index < -0.39 is 17.5 Å². The molecule has 0 atom stereocenters. The SMILES string of the molecule is CC(=O)c1ccc(-c2cccc(OCc3ccccc3)c2)cc1C(F)(F)F. The first-order chi connectivity index (χ1) is 12.8. The number of hydrogen-bond donors (Lipinski definition) is 0. The molecule has 0 spiro atoms. The third kappa shape index (κ3) is 4.56. The third-order valence-corrected chi connectivity index (χ3v) is 4.12. The quantitative estimate of drug-likeness (QED) is 0.503. The molecular weight excluding hydrogens is 353 g/mol. The molecule has 2 nitrogen and oxygen atoms in total. The van der Waals surface area contributed by atoms with Gasteiger partial charge in [-0.1, -0.05) is 54.6 Å². The van der Waals surface area contributed by atoms with Crippen molar-refractivity contribution < 1.29 is 22.7 Å². The standard InChI is InChI=1S/C22H17F3O2/c1-15(26)20-11-10-18(13-21(20)22(23,24)25)17-8-5-9-19(12-17)27-14-16-6-3-2-4-7-16/h2-13H,14H2,1H3. The first kappa shape index (κ1) is 18.7. The number of Topliss-reactive ketones (excluding diaryl/α,β-unsaturated/α-hetero) is 1. The molecule has 0 saturated heterocycles. The van der Waals surface area contributed by atoms with Crippen LogP contribution in [0, 0.1) is 0 Å². The van der Waals surface area contributed by atoms with E-state index in [4.69, 9.17) is 4.74 Å². The van der Waals surface area contributed by atoms with E-state index in [9.17, 15) is 18.0 Å².